The lowest BCUT2D eigenvalue weighted by Crippen LogP contribution is -2.49. The van der Waals surface area contributed by atoms with E-state index in [1.807, 2.05) is 0 Å². The Kier molecular flexibility index (Phi) is 7.14. The second-order valence-electron chi connectivity index (χ2n) is 10.7. The molecule has 162 valence electrons. The molecule has 29 heavy (non-hydrogen) atoms. The zero-order chi connectivity index (χ0) is 21.3. The summed E-state index contributed by atoms with van der Waals surface area (Å²) in [6.45, 7) is 22.4. The van der Waals surface area contributed by atoms with E-state index in [2.05, 4.69) is 95.5 Å². The number of nitrogens with zero attached hydrogens (tertiary/aromatic N) is 2. The molecule has 1 aromatic rings. The summed E-state index contributed by atoms with van der Waals surface area (Å²) in [4.78, 5) is 5.51. The lowest BCUT2D eigenvalue weighted by atomic mass is 9.71. The Balaban J connectivity index is 1.92. The molecular weight excluding hydrogens is 352 g/mol. The number of para-hydroxylation sites is 1. The van der Waals surface area contributed by atoms with Gasteiger partial charge in [0.25, 0.3) is 0 Å². The Morgan fingerprint density at radius 2 is 1.45 bits per heavy atom. The number of benzene rings is 1. The smallest absolute Gasteiger partial charge is 0.0711 e. The molecule has 2 unspecified atom stereocenters. The third-order valence-electron chi connectivity index (χ3n) is 7.32. The van der Waals surface area contributed by atoms with Gasteiger partial charge in [0.2, 0.25) is 0 Å². The van der Waals surface area contributed by atoms with E-state index in [0.29, 0.717) is 29.7 Å². The van der Waals surface area contributed by atoms with Gasteiger partial charge in [0.15, 0.2) is 0 Å². The quantitative estimate of drug-likeness (QED) is 0.483. The molecule has 3 rings (SSSR count). The van der Waals surface area contributed by atoms with E-state index in [1.165, 1.54) is 29.8 Å². The SMILES string of the molecule is CC(C)c1cccc(C(C)C)c1N1CCN([C@@H]2C(C(C)C)C=CCC2C(C)C)C1. The molecular formula is C27H44N2. The minimum absolute atomic E-state index is 0.558. The fraction of sp³-hybridized carbons (Fsp3) is 0.704. The van der Waals surface area contributed by atoms with Crippen LogP contribution in [0, 0.1) is 23.7 Å². The molecule has 0 aromatic heterocycles. The normalized spacial score (nSPS) is 25.9. The largest absolute Gasteiger partial charge is 0.357 e. The van der Waals surface area contributed by atoms with E-state index in [9.17, 15) is 0 Å². The molecule has 0 amide bonds. The highest BCUT2D eigenvalue weighted by atomic mass is 15.4. The number of hydrogen-bond acceptors (Lipinski definition) is 2. The predicted molar refractivity (Wildman–Crippen MR) is 128 cm³/mol. The first-order valence-electron chi connectivity index (χ1n) is 12.0. The summed E-state index contributed by atoms with van der Waals surface area (Å²) in [6.07, 6.45) is 6.23. The molecule has 1 fully saturated rings. The van der Waals surface area contributed by atoms with Crippen molar-refractivity contribution < 1.29 is 0 Å². The highest BCUT2D eigenvalue weighted by molar-refractivity contribution is 5.62. The molecule has 0 radical (unpaired) electrons. The van der Waals surface area contributed by atoms with Crippen molar-refractivity contribution in [2.75, 3.05) is 24.7 Å². The Labute approximate surface area is 180 Å². The van der Waals surface area contributed by atoms with Crippen LogP contribution in [0.15, 0.2) is 30.4 Å². The molecule has 1 aromatic carbocycles. The Hall–Kier alpha value is -1.28. The third-order valence-corrected chi connectivity index (χ3v) is 7.32. The van der Waals surface area contributed by atoms with Crippen molar-refractivity contribution in [2.24, 2.45) is 23.7 Å². The molecule has 1 aliphatic heterocycles. The summed E-state index contributed by atoms with van der Waals surface area (Å²) >= 11 is 0. The van der Waals surface area contributed by atoms with Gasteiger partial charge in [0.05, 0.1) is 6.67 Å². The van der Waals surface area contributed by atoms with Crippen LogP contribution in [0.2, 0.25) is 0 Å². The fourth-order valence-corrected chi connectivity index (χ4v) is 5.64. The van der Waals surface area contributed by atoms with E-state index < -0.39 is 0 Å². The van der Waals surface area contributed by atoms with Gasteiger partial charge in [-0.05, 0) is 53.1 Å². The zero-order valence-corrected chi connectivity index (χ0v) is 20.2. The first-order valence-corrected chi connectivity index (χ1v) is 12.0. The highest BCUT2D eigenvalue weighted by Crippen LogP contribution is 2.41. The molecule has 0 saturated carbocycles. The van der Waals surface area contributed by atoms with Crippen LogP contribution in [-0.4, -0.2) is 30.7 Å². The van der Waals surface area contributed by atoms with Crippen molar-refractivity contribution in [3.8, 4) is 0 Å². The molecule has 0 bridgehead atoms. The van der Waals surface area contributed by atoms with Crippen molar-refractivity contribution in [3.63, 3.8) is 0 Å². The maximum atomic E-state index is 2.82. The fourth-order valence-electron chi connectivity index (χ4n) is 5.64. The average molecular weight is 397 g/mol. The van der Waals surface area contributed by atoms with Crippen LogP contribution in [-0.2, 0) is 0 Å². The van der Waals surface area contributed by atoms with Gasteiger partial charge < -0.3 is 4.90 Å². The van der Waals surface area contributed by atoms with Crippen molar-refractivity contribution in [2.45, 2.75) is 79.7 Å². The Bertz CT molecular complexity index is 674. The summed E-state index contributed by atoms with van der Waals surface area (Å²) in [5.74, 6) is 3.97. The molecule has 0 spiro atoms. The molecule has 1 aliphatic carbocycles. The highest BCUT2D eigenvalue weighted by Gasteiger charge is 2.40. The first-order chi connectivity index (χ1) is 13.7. The summed E-state index contributed by atoms with van der Waals surface area (Å²) < 4.78 is 0. The summed E-state index contributed by atoms with van der Waals surface area (Å²) in [7, 11) is 0. The van der Waals surface area contributed by atoms with Crippen LogP contribution < -0.4 is 4.90 Å². The lowest BCUT2D eigenvalue weighted by Gasteiger charge is -2.44. The maximum Gasteiger partial charge on any atom is 0.0711 e. The van der Waals surface area contributed by atoms with Crippen molar-refractivity contribution in [3.05, 3.63) is 41.5 Å². The lowest BCUT2D eigenvalue weighted by molar-refractivity contribution is 0.0810. The van der Waals surface area contributed by atoms with E-state index in [1.54, 1.807) is 0 Å². The van der Waals surface area contributed by atoms with Gasteiger partial charge >= 0.3 is 0 Å². The standard InChI is InChI=1S/C27H44N2/c1-18(2)22-11-9-12-23(19(3)4)26(22)28-15-16-29(17-28)27-24(20(5)6)13-10-14-25(27)21(7)8/h9-13,18-21,24-25,27H,14-17H2,1-8H3/t24?,25?,27-/m1/s1. The minimum Gasteiger partial charge on any atom is -0.357 e. The molecule has 2 aliphatic rings. The Morgan fingerprint density at radius 1 is 0.828 bits per heavy atom. The van der Waals surface area contributed by atoms with Crippen LogP contribution in [0.3, 0.4) is 0 Å². The minimum atomic E-state index is 0.558. The van der Waals surface area contributed by atoms with E-state index in [0.717, 1.165) is 25.0 Å². The molecule has 3 atom stereocenters. The second kappa shape index (κ2) is 9.25. The number of hydrogen-bond donors (Lipinski definition) is 0. The van der Waals surface area contributed by atoms with Gasteiger partial charge in [-0.3, -0.25) is 4.90 Å². The summed E-state index contributed by atoms with van der Waals surface area (Å²) in [6, 6.07) is 7.63. The average Bonchev–Trinajstić information content (AvgIpc) is 3.15. The maximum absolute atomic E-state index is 2.82. The molecule has 1 saturated heterocycles. The van der Waals surface area contributed by atoms with Gasteiger partial charge in [-0.25, -0.2) is 0 Å². The van der Waals surface area contributed by atoms with Crippen molar-refractivity contribution >= 4 is 5.69 Å². The van der Waals surface area contributed by atoms with Gasteiger partial charge in [-0.1, -0.05) is 85.7 Å². The summed E-state index contributed by atoms with van der Waals surface area (Å²) in [5.41, 5.74) is 4.55. The van der Waals surface area contributed by atoms with E-state index >= 15 is 0 Å². The third kappa shape index (κ3) is 4.58. The predicted octanol–water partition coefficient (Wildman–Crippen LogP) is 6.89. The van der Waals surface area contributed by atoms with Gasteiger partial charge in [-0.15, -0.1) is 0 Å². The zero-order valence-electron chi connectivity index (χ0n) is 20.2. The van der Waals surface area contributed by atoms with E-state index in [4.69, 9.17) is 0 Å². The Morgan fingerprint density at radius 3 is 1.97 bits per heavy atom. The van der Waals surface area contributed by atoms with Crippen molar-refractivity contribution in [1.82, 2.24) is 4.90 Å². The van der Waals surface area contributed by atoms with Gasteiger partial charge in [0.1, 0.15) is 0 Å². The number of allylic oxidation sites excluding steroid dienone is 1. The van der Waals surface area contributed by atoms with Crippen LogP contribution in [0.1, 0.15) is 84.8 Å². The molecule has 2 heteroatoms. The number of anilines is 1. The van der Waals surface area contributed by atoms with Gasteiger partial charge in [-0.2, -0.15) is 0 Å². The number of rotatable bonds is 6. The molecule has 0 N–H and O–H groups in total. The van der Waals surface area contributed by atoms with Crippen LogP contribution in [0.4, 0.5) is 5.69 Å². The van der Waals surface area contributed by atoms with E-state index in [-0.39, 0.29) is 0 Å². The van der Waals surface area contributed by atoms with Crippen LogP contribution in [0.5, 0.6) is 0 Å². The summed E-state index contributed by atoms with van der Waals surface area (Å²) in [5, 5.41) is 0. The van der Waals surface area contributed by atoms with Gasteiger partial charge in [0, 0.05) is 24.8 Å². The topological polar surface area (TPSA) is 6.48 Å². The van der Waals surface area contributed by atoms with Crippen molar-refractivity contribution in [1.29, 1.82) is 0 Å². The first kappa shape index (κ1) is 22.4. The van der Waals surface area contributed by atoms with Crippen LogP contribution in [0.25, 0.3) is 0 Å². The molecule has 2 nitrogen and oxygen atoms in total. The second-order valence-corrected chi connectivity index (χ2v) is 10.7. The van der Waals surface area contributed by atoms with Crippen LogP contribution >= 0.6 is 0 Å². The monoisotopic (exact) mass is 396 g/mol. The molecule has 1 heterocycles.